The van der Waals surface area contributed by atoms with Crippen molar-refractivity contribution in [2.75, 3.05) is 18.2 Å². The second kappa shape index (κ2) is 7.99. The third kappa shape index (κ3) is 4.49. The van der Waals surface area contributed by atoms with Crippen LogP contribution in [0.15, 0.2) is 29.3 Å². The second-order valence-electron chi connectivity index (χ2n) is 5.26. The molecule has 144 valence electrons. The summed E-state index contributed by atoms with van der Waals surface area (Å²) >= 11 is 1.22. The van der Waals surface area contributed by atoms with Gasteiger partial charge in [-0.3, -0.25) is 10.1 Å². The van der Waals surface area contributed by atoms with Crippen molar-refractivity contribution in [1.29, 1.82) is 5.26 Å². The Bertz CT molecular complexity index is 1080. The number of carbonyl (C=O) groups excluding carboxylic acids is 1. The SMILES string of the molecule is COc1ccc2cc(C#N)c(SCC(=O)Nc3nnc(C(F)(F)F)s3)nc2c1. The molecule has 0 aliphatic carbocycles. The highest BCUT2D eigenvalue weighted by molar-refractivity contribution is 8.00. The van der Waals surface area contributed by atoms with Gasteiger partial charge in [0.05, 0.1) is 23.9 Å². The zero-order chi connectivity index (χ0) is 20.3. The van der Waals surface area contributed by atoms with Crippen molar-refractivity contribution in [1.82, 2.24) is 15.2 Å². The lowest BCUT2D eigenvalue weighted by atomic mass is 10.1. The average Bonchev–Trinajstić information content (AvgIpc) is 3.14. The van der Waals surface area contributed by atoms with Crippen LogP contribution in [-0.4, -0.2) is 34.0 Å². The minimum absolute atomic E-state index is 0.169. The molecule has 0 bridgehead atoms. The third-order valence-electron chi connectivity index (χ3n) is 3.36. The Labute approximate surface area is 164 Å². The molecule has 3 rings (SSSR count). The summed E-state index contributed by atoms with van der Waals surface area (Å²) in [7, 11) is 1.52. The number of nitriles is 1. The van der Waals surface area contributed by atoms with Gasteiger partial charge in [0.1, 0.15) is 16.8 Å². The highest BCUT2D eigenvalue weighted by Gasteiger charge is 2.35. The van der Waals surface area contributed by atoms with E-state index in [1.165, 1.54) is 7.11 Å². The van der Waals surface area contributed by atoms with Gasteiger partial charge in [-0.25, -0.2) is 4.98 Å². The van der Waals surface area contributed by atoms with E-state index in [9.17, 15) is 23.2 Å². The molecule has 0 unspecified atom stereocenters. The van der Waals surface area contributed by atoms with Crippen LogP contribution in [0.4, 0.5) is 18.3 Å². The summed E-state index contributed by atoms with van der Waals surface area (Å²) in [6.07, 6.45) is -4.62. The fourth-order valence-corrected chi connectivity index (χ4v) is 3.51. The van der Waals surface area contributed by atoms with Crippen LogP contribution < -0.4 is 10.1 Å². The zero-order valence-electron chi connectivity index (χ0n) is 14.1. The number of nitrogens with one attached hydrogen (secondary N) is 1. The fraction of sp³-hybridized carbons (Fsp3) is 0.188. The number of anilines is 1. The van der Waals surface area contributed by atoms with Crippen molar-refractivity contribution < 1.29 is 22.7 Å². The van der Waals surface area contributed by atoms with Crippen LogP contribution in [0.2, 0.25) is 0 Å². The maximum absolute atomic E-state index is 12.5. The van der Waals surface area contributed by atoms with Gasteiger partial charge in [-0.2, -0.15) is 18.4 Å². The first-order chi connectivity index (χ1) is 13.3. The monoisotopic (exact) mass is 425 g/mol. The van der Waals surface area contributed by atoms with Gasteiger partial charge in [0, 0.05) is 11.5 Å². The largest absolute Gasteiger partial charge is 0.497 e. The Hall–Kier alpha value is -2.91. The lowest BCUT2D eigenvalue weighted by Gasteiger charge is -2.07. The minimum Gasteiger partial charge on any atom is -0.497 e. The minimum atomic E-state index is -4.62. The van der Waals surface area contributed by atoms with Crippen LogP contribution in [-0.2, 0) is 11.0 Å². The van der Waals surface area contributed by atoms with Gasteiger partial charge < -0.3 is 4.74 Å². The molecule has 0 radical (unpaired) electrons. The van der Waals surface area contributed by atoms with Gasteiger partial charge in [-0.05, 0) is 18.2 Å². The van der Waals surface area contributed by atoms with E-state index in [4.69, 9.17) is 4.74 Å². The van der Waals surface area contributed by atoms with Crippen molar-refractivity contribution in [2.45, 2.75) is 11.2 Å². The number of thioether (sulfide) groups is 1. The predicted molar refractivity (Wildman–Crippen MR) is 97.3 cm³/mol. The molecule has 0 aliphatic heterocycles. The molecule has 3 aromatic rings. The normalized spacial score (nSPS) is 11.2. The number of halogens is 3. The Morgan fingerprint density at radius 1 is 1.36 bits per heavy atom. The second-order valence-corrected chi connectivity index (χ2v) is 7.20. The van der Waals surface area contributed by atoms with Crippen LogP contribution >= 0.6 is 23.1 Å². The lowest BCUT2D eigenvalue weighted by Crippen LogP contribution is -2.14. The topological polar surface area (TPSA) is 101 Å². The summed E-state index contributed by atoms with van der Waals surface area (Å²) in [4.78, 5) is 16.4. The number of fused-ring (bicyclic) bond motifs is 1. The van der Waals surface area contributed by atoms with Gasteiger partial charge in [0.2, 0.25) is 16.0 Å². The number of pyridine rings is 1. The average molecular weight is 425 g/mol. The maximum atomic E-state index is 12.5. The number of nitrogens with zero attached hydrogens (tertiary/aromatic N) is 4. The Balaban J connectivity index is 1.72. The lowest BCUT2D eigenvalue weighted by molar-refractivity contribution is -0.138. The molecular formula is C16H10F3N5O2S2. The molecule has 0 saturated heterocycles. The summed E-state index contributed by atoms with van der Waals surface area (Å²) in [5.41, 5.74) is 0.867. The molecule has 1 amide bonds. The van der Waals surface area contributed by atoms with E-state index in [0.29, 0.717) is 16.3 Å². The van der Waals surface area contributed by atoms with Crippen LogP contribution in [0.3, 0.4) is 0 Å². The van der Waals surface area contributed by atoms with Crippen molar-refractivity contribution in [3.63, 3.8) is 0 Å². The molecule has 12 heteroatoms. The Morgan fingerprint density at radius 3 is 2.79 bits per heavy atom. The van der Waals surface area contributed by atoms with Crippen LogP contribution in [0, 0.1) is 11.3 Å². The number of rotatable bonds is 5. The van der Waals surface area contributed by atoms with Gasteiger partial charge in [0.15, 0.2) is 0 Å². The van der Waals surface area contributed by atoms with Crippen molar-refractivity contribution in [3.8, 4) is 11.8 Å². The third-order valence-corrected chi connectivity index (χ3v) is 5.24. The van der Waals surface area contributed by atoms with E-state index in [2.05, 4.69) is 20.5 Å². The molecule has 0 saturated carbocycles. The first-order valence-corrected chi connectivity index (χ1v) is 9.32. The van der Waals surface area contributed by atoms with E-state index in [1.807, 2.05) is 6.07 Å². The molecule has 0 atom stereocenters. The first-order valence-electron chi connectivity index (χ1n) is 7.52. The van der Waals surface area contributed by atoms with E-state index in [0.717, 1.165) is 17.1 Å². The summed E-state index contributed by atoms with van der Waals surface area (Å²) in [5, 5.41) is 17.5. The van der Waals surface area contributed by atoms with E-state index in [-0.39, 0.29) is 27.8 Å². The van der Waals surface area contributed by atoms with E-state index >= 15 is 0 Å². The van der Waals surface area contributed by atoms with Crippen molar-refractivity contribution in [3.05, 3.63) is 34.8 Å². The number of ether oxygens (including phenoxy) is 1. The number of amides is 1. The van der Waals surface area contributed by atoms with Gasteiger partial charge in [0.25, 0.3) is 0 Å². The number of methoxy groups -OCH3 is 1. The molecule has 7 nitrogen and oxygen atoms in total. The van der Waals surface area contributed by atoms with Crippen LogP contribution in [0.25, 0.3) is 10.9 Å². The quantitative estimate of drug-likeness (QED) is 0.622. The highest BCUT2D eigenvalue weighted by Crippen LogP contribution is 2.33. The number of carbonyl (C=O) groups is 1. The van der Waals surface area contributed by atoms with Gasteiger partial charge >= 0.3 is 6.18 Å². The molecule has 0 fully saturated rings. The van der Waals surface area contributed by atoms with E-state index < -0.39 is 17.1 Å². The molecule has 1 aromatic carbocycles. The first kappa shape index (κ1) is 19.8. The van der Waals surface area contributed by atoms with Gasteiger partial charge in [-0.1, -0.05) is 23.1 Å². The highest BCUT2D eigenvalue weighted by atomic mass is 32.2. The number of hydrogen-bond donors (Lipinski definition) is 1. The summed E-state index contributed by atoms with van der Waals surface area (Å²) in [6.45, 7) is 0. The molecular weight excluding hydrogens is 415 g/mol. The molecule has 28 heavy (non-hydrogen) atoms. The molecule has 2 heterocycles. The van der Waals surface area contributed by atoms with E-state index in [1.54, 1.807) is 24.3 Å². The standard InChI is InChI=1S/C16H10F3N5O2S2/c1-26-10-3-2-8-4-9(6-20)13(21-11(8)5-10)27-7-12(25)22-15-24-23-14(28-15)16(17,18)19/h2-5H,7H2,1H3,(H,22,24,25). The zero-order valence-corrected chi connectivity index (χ0v) is 15.7. The van der Waals surface area contributed by atoms with Crippen LogP contribution in [0.1, 0.15) is 10.6 Å². The molecule has 2 aromatic heterocycles. The fourth-order valence-electron chi connectivity index (χ4n) is 2.12. The summed E-state index contributed by atoms with van der Waals surface area (Å²) in [5.74, 6) is -0.167. The maximum Gasteiger partial charge on any atom is 0.445 e. The van der Waals surface area contributed by atoms with Crippen LogP contribution in [0.5, 0.6) is 5.75 Å². The van der Waals surface area contributed by atoms with Crippen molar-refractivity contribution >= 4 is 45.0 Å². The summed E-state index contributed by atoms with van der Waals surface area (Å²) in [6, 6.07) is 8.85. The number of benzene rings is 1. The molecule has 0 spiro atoms. The molecule has 0 aliphatic rings. The number of alkyl halides is 3. The Kier molecular flexibility index (Phi) is 5.66. The predicted octanol–water partition coefficient (Wildman–Crippen LogP) is 3.72. The summed E-state index contributed by atoms with van der Waals surface area (Å²) < 4.78 is 42.7. The number of aromatic nitrogens is 3. The molecule has 1 N–H and O–H groups in total. The Morgan fingerprint density at radius 2 is 2.14 bits per heavy atom. The van der Waals surface area contributed by atoms with Crippen molar-refractivity contribution in [2.24, 2.45) is 0 Å². The smallest absolute Gasteiger partial charge is 0.445 e. The number of hydrogen-bond acceptors (Lipinski definition) is 8. The van der Waals surface area contributed by atoms with Gasteiger partial charge in [-0.15, -0.1) is 10.2 Å².